The Morgan fingerprint density at radius 1 is 1.06 bits per heavy atom. The Balaban J connectivity index is 1.67. The van der Waals surface area contributed by atoms with Gasteiger partial charge in [-0.15, -0.1) is 0 Å². The Kier molecular flexibility index (Phi) is 6.77. The lowest BCUT2D eigenvalue weighted by molar-refractivity contribution is 0.0949. The summed E-state index contributed by atoms with van der Waals surface area (Å²) in [6.07, 6.45) is 1.55. The average Bonchev–Trinajstić information content (AvgIpc) is 3.16. The number of hydrogen-bond donors (Lipinski definition) is 1. The highest BCUT2D eigenvalue weighted by Crippen LogP contribution is 2.36. The van der Waals surface area contributed by atoms with Crippen molar-refractivity contribution in [2.75, 3.05) is 13.2 Å². The van der Waals surface area contributed by atoms with Crippen molar-refractivity contribution in [3.8, 4) is 22.6 Å². The molecule has 0 fully saturated rings. The number of nitrogens with one attached hydrogen (secondary N) is 1. The van der Waals surface area contributed by atoms with Crippen molar-refractivity contribution in [3.63, 3.8) is 0 Å². The summed E-state index contributed by atoms with van der Waals surface area (Å²) in [5, 5.41) is 7.47. The van der Waals surface area contributed by atoms with Gasteiger partial charge < -0.3 is 14.8 Å². The normalized spacial score (nSPS) is 11.0. The van der Waals surface area contributed by atoms with Crippen LogP contribution in [0.1, 0.15) is 41.2 Å². The minimum Gasteiger partial charge on any atom is -0.490 e. The number of hydrogen-bond acceptors (Lipinski definition) is 5. The molecule has 2 heterocycles. The van der Waals surface area contributed by atoms with Crippen LogP contribution in [0, 0.1) is 19.7 Å². The van der Waals surface area contributed by atoms with Gasteiger partial charge in [0.2, 0.25) is 0 Å². The van der Waals surface area contributed by atoms with Gasteiger partial charge in [0.05, 0.1) is 30.2 Å². The monoisotopic (exact) mass is 462 g/mol. The zero-order valence-corrected chi connectivity index (χ0v) is 19.7. The molecule has 4 rings (SSSR count). The van der Waals surface area contributed by atoms with E-state index in [1.807, 2.05) is 45.9 Å². The second-order valence-electron chi connectivity index (χ2n) is 7.79. The summed E-state index contributed by atoms with van der Waals surface area (Å²) in [6, 6.07) is 11.9. The van der Waals surface area contributed by atoms with Gasteiger partial charge in [0, 0.05) is 18.3 Å². The molecule has 0 atom stereocenters. The van der Waals surface area contributed by atoms with Crippen molar-refractivity contribution in [2.45, 2.75) is 34.2 Å². The molecule has 0 saturated heterocycles. The van der Waals surface area contributed by atoms with Crippen LogP contribution in [-0.4, -0.2) is 33.7 Å². The SMILES string of the molecule is CCOc1ccc(-c2c(C)nn3c(C)c(C(=O)NCc4cccc(F)c4)cnc23)cc1OCC. The summed E-state index contributed by atoms with van der Waals surface area (Å²) in [6.45, 7) is 8.86. The molecule has 1 amide bonds. The zero-order chi connectivity index (χ0) is 24.2. The first-order valence-corrected chi connectivity index (χ1v) is 11.2. The number of aromatic nitrogens is 3. The van der Waals surface area contributed by atoms with Crippen molar-refractivity contribution in [1.82, 2.24) is 19.9 Å². The lowest BCUT2D eigenvalue weighted by atomic mass is 10.1. The van der Waals surface area contributed by atoms with E-state index in [4.69, 9.17) is 9.47 Å². The Morgan fingerprint density at radius 3 is 2.56 bits per heavy atom. The molecule has 0 saturated carbocycles. The largest absolute Gasteiger partial charge is 0.490 e. The van der Waals surface area contributed by atoms with Gasteiger partial charge >= 0.3 is 0 Å². The zero-order valence-electron chi connectivity index (χ0n) is 19.7. The van der Waals surface area contributed by atoms with Crippen LogP contribution in [0.4, 0.5) is 4.39 Å². The molecule has 0 aliphatic rings. The van der Waals surface area contributed by atoms with Crippen LogP contribution in [-0.2, 0) is 6.54 Å². The van der Waals surface area contributed by atoms with Crippen LogP contribution in [0.15, 0.2) is 48.7 Å². The van der Waals surface area contributed by atoms with Gasteiger partial charge in [-0.1, -0.05) is 18.2 Å². The smallest absolute Gasteiger partial charge is 0.254 e. The summed E-state index contributed by atoms with van der Waals surface area (Å²) in [4.78, 5) is 17.4. The second kappa shape index (κ2) is 9.91. The van der Waals surface area contributed by atoms with Crippen LogP contribution in [0.25, 0.3) is 16.8 Å². The topological polar surface area (TPSA) is 77.8 Å². The first-order chi connectivity index (χ1) is 16.4. The minimum atomic E-state index is -0.340. The fraction of sp³-hybridized carbons (Fsp3) is 0.269. The predicted octanol–water partition coefficient (Wildman–Crippen LogP) is 4.88. The summed E-state index contributed by atoms with van der Waals surface area (Å²) in [5.74, 6) is 0.701. The van der Waals surface area contributed by atoms with Crippen molar-refractivity contribution >= 4 is 11.6 Å². The Labute approximate surface area is 197 Å². The Hall–Kier alpha value is -3.94. The van der Waals surface area contributed by atoms with Gasteiger partial charge in [0.1, 0.15) is 5.82 Å². The first kappa shape index (κ1) is 23.2. The molecule has 1 N–H and O–H groups in total. The maximum atomic E-state index is 13.4. The lowest BCUT2D eigenvalue weighted by Gasteiger charge is -2.12. The number of amides is 1. The third-order valence-corrected chi connectivity index (χ3v) is 5.48. The van der Waals surface area contributed by atoms with Gasteiger partial charge in [0.15, 0.2) is 17.1 Å². The van der Waals surface area contributed by atoms with Crippen LogP contribution < -0.4 is 14.8 Å². The number of nitrogens with zero attached hydrogens (tertiary/aromatic N) is 3. The molecule has 7 nitrogen and oxygen atoms in total. The average molecular weight is 463 g/mol. The van der Waals surface area contributed by atoms with Gasteiger partial charge in [-0.3, -0.25) is 4.79 Å². The maximum absolute atomic E-state index is 13.4. The summed E-state index contributed by atoms with van der Waals surface area (Å²) in [7, 11) is 0. The van der Waals surface area contributed by atoms with E-state index >= 15 is 0 Å². The highest BCUT2D eigenvalue weighted by molar-refractivity contribution is 5.95. The van der Waals surface area contributed by atoms with E-state index in [1.165, 1.54) is 12.1 Å². The van der Waals surface area contributed by atoms with Crippen molar-refractivity contribution < 1.29 is 18.7 Å². The van der Waals surface area contributed by atoms with E-state index in [9.17, 15) is 9.18 Å². The van der Waals surface area contributed by atoms with Crippen LogP contribution in [0.2, 0.25) is 0 Å². The molecule has 0 unspecified atom stereocenters. The highest BCUT2D eigenvalue weighted by atomic mass is 19.1. The molecule has 4 aromatic rings. The Morgan fingerprint density at radius 2 is 1.82 bits per heavy atom. The van der Waals surface area contributed by atoms with E-state index < -0.39 is 0 Å². The number of ether oxygens (including phenoxy) is 2. The van der Waals surface area contributed by atoms with Crippen LogP contribution in [0.3, 0.4) is 0 Å². The van der Waals surface area contributed by atoms with E-state index in [2.05, 4.69) is 15.4 Å². The van der Waals surface area contributed by atoms with E-state index in [0.717, 1.165) is 16.8 Å². The van der Waals surface area contributed by atoms with Crippen LogP contribution >= 0.6 is 0 Å². The van der Waals surface area contributed by atoms with Crippen LogP contribution in [0.5, 0.6) is 11.5 Å². The highest BCUT2D eigenvalue weighted by Gasteiger charge is 2.20. The third kappa shape index (κ3) is 4.57. The molecule has 0 aliphatic heterocycles. The molecule has 176 valence electrons. The maximum Gasteiger partial charge on any atom is 0.254 e. The number of carbonyl (C=O) groups is 1. The number of aryl methyl sites for hydroxylation is 2. The molecule has 2 aromatic heterocycles. The predicted molar refractivity (Wildman–Crippen MR) is 128 cm³/mol. The van der Waals surface area contributed by atoms with Crippen molar-refractivity contribution in [3.05, 3.63) is 77.0 Å². The quantitative estimate of drug-likeness (QED) is 0.404. The fourth-order valence-electron chi connectivity index (χ4n) is 3.89. The summed E-state index contributed by atoms with van der Waals surface area (Å²) in [5.41, 5.74) is 4.92. The molecule has 2 aromatic carbocycles. The standard InChI is InChI=1S/C26H27FN4O3/c1-5-33-22-11-10-19(13-23(22)34-6-2)24-16(3)30-31-17(4)21(15-28-25(24)31)26(32)29-14-18-8-7-9-20(27)12-18/h7-13,15H,5-6,14H2,1-4H3,(H,29,32). The molecule has 0 aliphatic carbocycles. The van der Waals surface area contributed by atoms with E-state index in [0.29, 0.717) is 47.2 Å². The molecule has 0 bridgehead atoms. The number of carbonyl (C=O) groups excluding carboxylic acids is 1. The lowest BCUT2D eigenvalue weighted by Crippen LogP contribution is -2.24. The van der Waals surface area contributed by atoms with Crippen molar-refractivity contribution in [2.24, 2.45) is 0 Å². The van der Waals surface area contributed by atoms with Gasteiger partial charge in [-0.25, -0.2) is 13.9 Å². The fourth-order valence-corrected chi connectivity index (χ4v) is 3.89. The number of benzene rings is 2. The number of rotatable bonds is 8. The Bertz CT molecular complexity index is 1350. The minimum absolute atomic E-state index is 0.212. The first-order valence-electron chi connectivity index (χ1n) is 11.2. The second-order valence-corrected chi connectivity index (χ2v) is 7.79. The molecule has 0 radical (unpaired) electrons. The van der Waals surface area contributed by atoms with E-state index in [1.54, 1.807) is 22.8 Å². The molecule has 0 spiro atoms. The molecule has 8 heteroatoms. The number of fused-ring (bicyclic) bond motifs is 1. The van der Waals surface area contributed by atoms with Gasteiger partial charge in [0.25, 0.3) is 5.91 Å². The van der Waals surface area contributed by atoms with Crippen molar-refractivity contribution in [1.29, 1.82) is 0 Å². The summed E-state index contributed by atoms with van der Waals surface area (Å²) < 4.78 is 26.5. The molecular weight excluding hydrogens is 435 g/mol. The van der Waals surface area contributed by atoms with Gasteiger partial charge in [-0.05, 0) is 63.1 Å². The van der Waals surface area contributed by atoms with E-state index in [-0.39, 0.29) is 18.3 Å². The summed E-state index contributed by atoms with van der Waals surface area (Å²) >= 11 is 0. The third-order valence-electron chi connectivity index (χ3n) is 5.48. The molecular formula is C26H27FN4O3. The number of halogens is 1. The van der Waals surface area contributed by atoms with Gasteiger partial charge in [-0.2, -0.15) is 5.10 Å². The molecule has 34 heavy (non-hydrogen) atoms.